The Hall–Kier alpha value is -2.83. The molecule has 1 fully saturated rings. The predicted octanol–water partition coefficient (Wildman–Crippen LogP) is 1.79. The summed E-state index contributed by atoms with van der Waals surface area (Å²) in [6, 6.07) is 0.188. The van der Waals surface area contributed by atoms with Gasteiger partial charge in [-0.15, -0.1) is 0 Å². The maximum Gasteiger partial charge on any atom is 0.156 e. The van der Waals surface area contributed by atoms with Gasteiger partial charge in [0.25, 0.3) is 0 Å². The molecule has 3 aromatic rings. The van der Waals surface area contributed by atoms with Crippen molar-refractivity contribution < 1.29 is 0 Å². The Labute approximate surface area is 127 Å². The summed E-state index contributed by atoms with van der Waals surface area (Å²) in [7, 11) is 0. The molecule has 0 bridgehead atoms. The monoisotopic (exact) mass is 293 g/mol. The van der Waals surface area contributed by atoms with Gasteiger partial charge in [-0.1, -0.05) is 0 Å². The zero-order valence-corrected chi connectivity index (χ0v) is 11.9. The second-order valence-corrected chi connectivity index (χ2v) is 5.19. The van der Waals surface area contributed by atoms with E-state index in [2.05, 4.69) is 24.8 Å². The minimum Gasteiger partial charge on any atom is -0.347 e. The third-order valence-corrected chi connectivity index (χ3v) is 3.85. The van der Waals surface area contributed by atoms with Crippen molar-refractivity contribution in [3.8, 4) is 5.82 Å². The van der Waals surface area contributed by atoms with Crippen LogP contribution in [-0.4, -0.2) is 36.0 Å². The minimum absolute atomic E-state index is 0.188. The second kappa shape index (κ2) is 5.51. The normalized spacial score (nSPS) is 17.8. The van der Waals surface area contributed by atoms with Crippen LogP contribution in [0.4, 0.5) is 5.82 Å². The first kappa shape index (κ1) is 12.9. The molecule has 0 saturated carbocycles. The highest BCUT2D eigenvalue weighted by atomic mass is 15.2. The Bertz CT molecular complexity index is 742. The van der Waals surface area contributed by atoms with Crippen LogP contribution in [0.3, 0.4) is 0 Å². The van der Waals surface area contributed by atoms with Crippen molar-refractivity contribution in [3.63, 3.8) is 0 Å². The SMILES string of the molecule is c1cnc(N2CCCC2c2cncc(-n3ccnc3)n2)cn1. The average molecular weight is 293 g/mol. The molecule has 1 aliphatic heterocycles. The Morgan fingerprint density at radius 1 is 0.955 bits per heavy atom. The molecule has 0 amide bonds. The molecule has 1 saturated heterocycles. The van der Waals surface area contributed by atoms with Gasteiger partial charge in [-0.05, 0) is 12.8 Å². The van der Waals surface area contributed by atoms with Gasteiger partial charge in [-0.25, -0.2) is 15.0 Å². The largest absolute Gasteiger partial charge is 0.347 e. The molecular formula is C15H15N7. The summed E-state index contributed by atoms with van der Waals surface area (Å²) in [6.45, 7) is 0.959. The fraction of sp³-hybridized carbons (Fsp3) is 0.267. The molecule has 0 aliphatic carbocycles. The Morgan fingerprint density at radius 2 is 1.91 bits per heavy atom. The van der Waals surface area contributed by atoms with E-state index in [1.807, 2.05) is 17.0 Å². The van der Waals surface area contributed by atoms with E-state index in [0.29, 0.717) is 0 Å². The summed E-state index contributed by atoms with van der Waals surface area (Å²) in [5.41, 5.74) is 0.953. The van der Waals surface area contributed by atoms with Crippen molar-refractivity contribution in [2.75, 3.05) is 11.4 Å². The number of rotatable bonds is 3. The van der Waals surface area contributed by atoms with E-state index in [1.165, 1.54) is 0 Å². The van der Waals surface area contributed by atoms with Gasteiger partial charge in [-0.2, -0.15) is 0 Å². The lowest BCUT2D eigenvalue weighted by molar-refractivity contribution is 0.677. The van der Waals surface area contributed by atoms with Crippen LogP contribution in [0.25, 0.3) is 5.82 Å². The standard InChI is InChI=1S/C15H15N7/c1-2-13(22(6-1)14-9-16-3-4-19-14)12-8-18-10-15(20-12)21-7-5-17-11-21/h3-5,7-11,13H,1-2,6H2. The molecule has 4 rings (SSSR count). The first-order valence-corrected chi connectivity index (χ1v) is 7.25. The number of imidazole rings is 1. The summed E-state index contributed by atoms with van der Waals surface area (Å²) in [6.07, 6.45) is 16.3. The molecule has 1 atom stereocenters. The Kier molecular flexibility index (Phi) is 3.23. The van der Waals surface area contributed by atoms with E-state index in [-0.39, 0.29) is 6.04 Å². The molecule has 7 nitrogen and oxygen atoms in total. The van der Waals surface area contributed by atoms with Crippen LogP contribution in [0.15, 0.2) is 49.7 Å². The number of hydrogen-bond acceptors (Lipinski definition) is 6. The lowest BCUT2D eigenvalue weighted by Gasteiger charge is -2.24. The number of anilines is 1. The van der Waals surface area contributed by atoms with E-state index in [0.717, 1.165) is 36.7 Å². The molecular weight excluding hydrogens is 278 g/mol. The molecule has 0 N–H and O–H groups in total. The second-order valence-electron chi connectivity index (χ2n) is 5.19. The quantitative estimate of drug-likeness (QED) is 0.733. The lowest BCUT2D eigenvalue weighted by atomic mass is 10.1. The molecule has 0 spiro atoms. The van der Waals surface area contributed by atoms with Gasteiger partial charge >= 0.3 is 0 Å². The molecule has 0 radical (unpaired) electrons. The smallest absolute Gasteiger partial charge is 0.156 e. The summed E-state index contributed by atoms with van der Waals surface area (Å²) < 4.78 is 1.86. The van der Waals surface area contributed by atoms with Crippen molar-refractivity contribution >= 4 is 5.82 Å². The van der Waals surface area contributed by atoms with Crippen molar-refractivity contribution in [2.24, 2.45) is 0 Å². The van der Waals surface area contributed by atoms with E-state index in [1.54, 1.807) is 37.3 Å². The van der Waals surface area contributed by atoms with Gasteiger partial charge in [0.2, 0.25) is 0 Å². The molecule has 1 unspecified atom stereocenters. The van der Waals surface area contributed by atoms with E-state index in [4.69, 9.17) is 4.98 Å². The Morgan fingerprint density at radius 3 is 2.73 bits per heavy atom. The first-order valence-electron chi connectivity index (χ1n) is 7.25. The van der Waals surface area contributed by atoms with Crippen LogP contribution < -0.4 is 4.90 Å². The fourth-order valence-corrected chi connectivity index (χ4v) is 2.84. The average Bonchev–Trinajstić information content (AvgIpc) is 3.27. The van der Waals surface area contributed by atoms with E-state index < -0.39 is 0 Å². The van der Waals surface area contributed by atoms with Crippen LogP contribution in [-0.2, 0) is 0 Å². The molecule has 7 heteroatoms. The van der Waals surface area contributed by atoms with E-state index in [9.17, 15) is 0 Å². The maximum absolute atomic E-state index is 4.74. The van der Waals surface area contributed by atoms with Crippen molar-refractivity contribution in [2.45, 2.75) is 18.9 Å². The zero-order chi connectivity index (χ0) is 14.8. The maximum atomic E-state index is 4.74. The van der Waals surface area contributed by atoms with Gasteiger partial charge in [0.1, 0.15) is 12.1 Å². The number of aromatic nitrogens is 6. The topological polar surface area (TPSA) is 72.6 Å². The molecule has 0 aromatic carbocycles. The number of hydrogen-bond donors (Lipinski definition) is 0. The third-order valence-electron chi connectivity index (χ3n) is 3.85. The first-order chi connectivity index (χ1) is 10.9. The lowest BCUT2D eigenvalue weighted by Crippen LogP contribution is -2.24. The summed E-state index contributed by atoms with van der Waals surface area (Å²) in [5, 5.41) is 0. The van der Waals surface area contributed by atoms with Gasteiger partial charge in [-0.3, -0.25) is 14.5 Å². The number of nitrogens with zero attached hydrogens (tertiary/aromatic N) is 7. The summed E-state index contributed by atoms with van der Waals surface area (Å²) >= 11 is 0. The highest BCUT2D eigenvalue weighted by Crippen LogP contribution is 2.33. The van der Waals surface area contributed by atoms with Crippen LogP contribution in [0.5, 0.6) is 0 Å². The minimum atomic E-state index is 0.188. The summed E-state index contributed by atoms with van der Waals surface area (Å²) in [4.78, 5) is 24.0. The van der Waals surface area contributed by atoms with Crippen LogP contribution in [0, 0.1) is 0 Å². The van der Waals surface area contributed by atoms with Gasteiger partial charge in [0.15, 0.2) is 5.82 Å². The van der Waals surface area contributed by atoms with Crippen LogP contribution in [0.2, 0.25) is 0 Å². The van der Waals surface area contributed by atoms with Crippen LogP contribution in [0.1, 0.15) is 24.6 Å². The van der Waals surface area contributed by atoms with Gasteiger partial charge in [0, 0.05) is 31.3 Å². The molecule has 22 heavy (non-hydrogen) atoms. The predicted molar refractivity (Wildman–Crippen MR) is 80.5 cm³/mol. The van der Waals surface area contributed by atoms with Crippen molar-refractivity contribution in [3.05, 3.63) is 55.4 Å². The van der Waals surface area contributed by atoms with E-state index >= 15 is 0 Å². The highest BCUT2D eigenvalue weighted by molar-refractivity contribution is 5.40. The third kappa shape index (κ3) is 2.30. The fourth-order valence-electron chi connectivity index (χ4n) is 2.84. The van der Waals surface area contributed by atoms with Gasteiger partial charge in [0.05, 0.1) is 30.3 Å². The highest BCUT2D eigenvalue weighted by Gasteiger charge is 2.28. The molecule has 4 heterocycles. The van der Waals surface area contributed by atoms with Crippen molar-refractivity contribution in [1.29, 1.82) is 0 Å². The summed E-state index contributed by atoms with van der Waals surface area (Å²) in [5.74, 6) is 1.67. The molecule has 1 aliphatic rings. The van der Waals surface area contributed by atoms with Crippen molar-refractivity contribution in [1.82, 2.24) is 29.5 Å². The molecule has 3 aromatic heterocycles. The van der Waals surface area contributed by atoms with Crippen LogP contribution >= 0.6 is 0 Å². The van der Waals surface area contributed by atoms with Gasteiger partial charge < -0.3 is 4.90 Å². The zero-order valence-electron chi connectivity index (χ0n) is 11.9. The molecule has 110 valence electrons. The Balaban J connectivity index is 1.68.